The maximum Gasteiger partial charge on any atom is 0.276 e. The summed E-state index contributed by atoms with van der Waals surface area (Å²) < 4.78 is 34.5. The zero-order valence-electron chi connectivity index (χ0n) is 12.6. The van der Waals surface area contributed by atoms with Crippen LogP contribution in [0.25, 0.3) is 0 Å². The molecular weight excluding hydrogens is 320 g/mol. The first-order valence-electron chi connectivity index (χ1n) is 6.53. The highest BCUT2D eigenvalue weighted by molar-refractivity contribution is 7.89. The summed E-state index contributed by atoms with van der Waals surface area (Å²) in [4.78, 5) is 2.05. The number of hydrazone groups is 1. The molecular formula is C15H16N2O5S. The number of hydrogen-bond donors (Lipinski definition) is 2. The Kier molecular flexibility index (Phi) is 5.07. The Labute approximate surface area is 134 Å². The molecule has 0 radical (unpaired) electrons. The SMILES string of the molecule is COc1ccc(S(=O)(=O)N/N=C/c2ccccc2O)cc1OC. The molecule has 0 unspecified atom stereocenters. The summed E-state index contributed by atoms with van der Waals surface area (Å²) in [5.41, 5.74) is 0.391. The molecule has 2 N–H and O–H groups in total. The van der Waals surface area contributed by atoms with Crippen molar-refractivity contribution in [1.82, 2.24) is 4.83 Å². The van der Waals surface area contributed by atoms with Crippen molar-refractivity contribution in [3.8, 4) is 17.2 Å². The van der Waals surface area contributed by atoms with Crippen LogP contribution in [0.4, 0.5) is 0 Å². The van der Waals surface area contributed by atoms with Crippen LogP contribution >= 0.6 is 0 Å². The molecule has 0 atom stereocenters. The summed E-state index contributed by atoms with van der Waals surface area (Å²) in [7, 11) is -0.992. The lowest BCUT2D eigenvalue weighted by molar-refractivity contribution is 0.354. The van der Waals surface area contributed by atoms with Gasteiger partial charge in [-0.15, -0.1) is 0 Å². The standard InChI is InChI=1S/C15H16N2O5S/c1-21-14-8-7-12(9-15(14)22-2)23(19,20)17-16-10-11-5-3-4-6-13(11)18/h3-10,17-18H,1-2H3/b16-10+. The van der Waals surface area contributed by atoms with Crippen LogP contribution in [0.5, 0.6) is 17.2 Å². The van der Waals surface area contributed by atoms with E-state index >= 15 is 0 Å². The van der Waals surface area contributed by atoms with E-state index in [1.807, 2.05) is 0 Å². The topological polar surface area (TPSA) is 97.2 Å². The number of aromatic hydroxyl groups is 1. The van der Waals surface area contributed by atoms with Gasteiger partial charge in [-0.2, -0.15) is 13.5 Å². The molecule has 122 valence electrons. The lowest BCUT2D eigenvalue weighted by atomic mass is 10.2. The van der Waals surface area contributed by atoms with Gasteiger partial charge in [0.25, 0.3) is 10.0 Å². The summed E-state index contributed by atoms with van der Waals surface area (Å²) in [5.74, 6) is 0.714. The molecule has 0 fully saturated rings. The smallest absolute Gasteiger partial charge is 0.276 e. The minimum atomic E-state index is -3.87. The van der Waals surface area contributed by atoms with E-state index in [0.29, 0.717) is 17.1 Å². The Bertz CT molecular complexity index is 818. The summed E-state index contributed by atoms with van der Waals surface area (Å²) in [6, 6.07) is 10.6. The van der Waals surface area contributed by atoms with Gasteiger partial charge >= 0.3 is 0 Å². The van der Waals surface area contributed by atoms with Crippen LogP contribution in [0.3, 0.4) is 0 Å². The van der Waals surface area contributed by atoms with Crippen LogP contribution in [0.1, 0.15) is 5.56 Å². The van der Waals surface area contributed by atoms with E-state index in [4.69, 9.17) is 9.47 Å². The highest BCUT2D eigenvalue weighted by Crippen LogP contribution is 2.29. The van der Waals surface area contributed by atoms with Gasteiger partial charge in [0.1, 0.15) is 5.75 Å². The van der Waals surface area contributed by atoms with Crippen molar-refractivity contribution >= 4 is 16.2 Å². The van der Waals surface area contributed by atoms with Gasteiger partial charge < -0.3 is 14.6 Å². The van der Waals surface area contributed by atoms with Gasteiger partial charge in [0.2, 0.25) is 0 Å². The van der Waals surface area contributed by atoms with Gasteiger partial charge in [-0.25, -0.2) is 4.83 Å². The van der Waals surface area contributed by atoms with Gasteiger partial charge in [0, 0.05) is 11.6 Å². The maximum absolute atomic E-state index is 12.2. The van der Waals surface area contributed by atoms with Crippen LogP contribution < -0.4 is 14.3 Å². The van der Waals surface area contributed by atoms with Crippen molar-refractivity contribution in [2.24, 2.45) is 5.10 Å². The van der Waals surface area contributed by atoms with Crippen LogP contribution in [-0.2, 0) is 10.0 Å². The fraction of sp³-hybridized carbons (Fsp3) is 0.133. The number of para-hydroxylation sites is 1. The summed E-state index contributed by atoms with van der Waals surface area (Å²) in [5, 5.41) is 13.2. The highest BCUT2D eigenvalue weighted by Gasteiger charge is 2.16. The molecule has 2 aromatic rings. The molecule has 0 aliphatic heterocycles. The van der Waals surface area contributed by atoms with Crippen molar-refractivity contribution in [1.29, 1.82) is 0 Å². The van der Waals surface area contributed by atoms with Crippen molar-refractivity contribution < 1.29 is 23.0 Å². The quantitative estimate of drug-likeness (QED) is 0.618. The summed E-state index contributed by atoms with van der Waals surface area (Å²) >= 11 is 0. The third kappa shape index (κ3) is 3.92. The average Bonchev–Trinajstić information content (AvgIpc) is 2.55. The molecule has 0 saturated carbocycles. The largest absolute Gasteiger partial charge is 0.507 e. The number of nitrogens with zero attached hydrogens (tertiary/aromatic N) is 1. The van der Waals surface area contributed by atoms with E-state index in [0.717, 1.165) is 0 Å². The van der Waals surface area contributed by atoms with Gasteiger partial charge in [0.05, 0.1) is 25.3 Å². The minimum Gasteiger partial charge on any atom is -0.507 e. The van der Waals surface area contributed by atoms with Crippen molar-refractivity contribution in [2.75, 3.05) is 14.2 Å². The van der Waals surface area contributed by atoms with E-state index in [9.17, 15) is 13.5 Å². The normalized spacial score (nSPS) is 11.4. The number of nitrogens with one attached hydrogen (secondary N) is 1. The first kappa shape index (κ1) is 16.6. The Hall–Kier alpha value is -2.74. The molecule has 0 aromatic heterocycles. The molecule has 0 saturated heterocycles. The third-order valence-corrected chi connectivity index (χ3v) is 4.20. The van der Waals surface area contributed by atoms with E-state index in [1.54, 1.807) is 18.2 Å². The second-order valence-electron chi connectivity index (χ2n) is 4.43. The Morgan fingerprint density at radius 3 is 2.43 bits per heavy atom. The lowest BCUT2D eigenvalue weighted by Gasteiger charge is -2.09. The van der Waals surface area contributed by atoms with E-state index < -0.39 is 10.0 Å². The van der Waals surface area contributed by atoms with Crippen LogP contribution in [0.15, 0.2) is 52.5 Å². The third-order valence-electron chi connectivity index (χ3n) is 2.98. The van der Waals surface area contributed by atoms with Crippen molar-refractivity contribution in [2.45, 2.75) is 4.90 Å². The molecule has 0 aliphatic rings. The van der Waals surface area contributed by atoms with Crippen LogP contribution in [-0.4, -0.2) is 34.0 Å². The van der Waals surface area contributed by atoms with Crippen molar-refractivity contribution in [3.05, 3.63) is 48.0 Å². The van der Waals surface area contributed by atoms with Gasteiger partial charge in [-0.3, -0.25) is 0 Å². The van der Waals surface area contributed by atoms with Crippen LogP contribution in [0.2, 0.25) is 0 Å². The number of ether oxygens (including phenoxy) is 2. The van der Waals surface area contributed by atoms with E-state index in [-0.39, 0.29) is 10.6 Å². The van der Waals surface area contributed by atoms with Crippen molar-refractivity contribution in [3.63, 3.8) is 0 Å². The number of sulfonamides is 1. The number of rotatable bonds is 6. The Morgan fingerprint density at radius 1 is 1.09 bits per heavy atom. The number of phenolic OH excluding ortho intramolecular Hbond substituents is 1. The number of hydrogen-bond acceptors (Lipinski definition) is 6. The molecule has 0 amide bonds. The Balaban J connectivity index is 2.21. The molecule has 0 bridgehead atoms. The predicted octanol–water partition coefficient (Wildman–Crippen LogP) is 1.72. The lowest BCUT2D eigenvalue weighted by Crippen LogP contribution is -2.18. The highest BCUT2D eigenvalue weighted by atomic mass is 32.2. The molecule has 2 aromatic carbocycles. The van der Waals surface area contributed by atoms with E-state index in [2.05, 4.69) is 9.93 Å². The summed E-state index contributed by atoms with van der Waals surface area (Å²) in [6.45, 7) is 0. The first-order valence-corrected chi connectivity index (χ1v) is 8.01. The molecule has 0 heterocycles. The monoisotopic (exact) mass is 336 g/mol. The molecule has 7 nitrogen and oxygen atoms in total. The summed E-state index contributed by atoms with van der Waals surface area (Å²) in [6.07, 6.45) is 1.22. The van der Waals surface area contributed by atoms with Gasteiger partial charge in [-0.1, -0.05) is 12.1 Å². The first-order chi connectivity index (χ1) is 11.0. The van der Waals surface area contributed by atoms with Gasteiger partial charge in [-0.05, 0) is 24.3 Å². The zero-order chi connectivity index (χ0) is 16.9. The zero-order valence-corrected chi connectivity index (χ0v) is 13.4. The number of phenols is 1. The van der Waals surface area contributed by atoms with Crippen LogP contribution in [0, 0.1) is 0 Å². The predicted molar refractivity (Wildman–Crippen MR) is 85.6 cm³/mol. The van der Waals surface area contributed by atoms with E-state index in [1.165, 1.54) is 44.7 Å². The molecule has 23 heavy (non-hydrogen) atoms. The molecule has 2 rings (SSSR count). The molecule has 8 heteroatoms. The fourth-order valence-electron chi connectivity index (χ4n) is 1.80. The number of benzene rings is 2. The minimum absolute atomic E-state index is 0.00145. The average molecular weight is 336 g/mol. The Morgan fingerprint density at radius 2 is 1.78 bits per heavy atom. The fourth-order valence-corrected chi connectivity index (χ4v) is 2.60. The second kappa shape index (κ2) is 7.01. The maximum atomic E-state index is 12.2. The molecule has 0 spiro atoms. The van der Waals surface area contributed by atoms with Gasteiger partial charge in [0.15, 0.2) is 11.5 Å². The number of methoxy groups -OCH3 is 2. The molecule has 0 aliphatic carbocycles. The second-order valence-corrected chi connectivity index (χ2v) is 6.09.